The minimum atomic E-state index is -0.483. The van der Waals surface area contributed by atoms with Crippen LogP contribution < -0.4 is 5.73 Å². The topological polar surface area (TPSA) is 51.0 Å². The number of aromatic nitrogens is 1. The molecule has 0 saturated carbocycles. The van der Waals surface area contributed by atoms with Gasteiger partial charge in [-0.25, -0.2) is 4.39 Å². The van der Waals surface area contributed by atoms with E-state index in [-0.39, 0.29) is 5.82 Å². The number of hydrogen-bond acceptors (Lipinski definition) is 2. The van der Waals surface area contributed by atoms with Crippen molar-refractivity contribution in [1.82, 2.24) is 4.98 Å². The highest BCUT2D eigenvalue weighted by molar-refractivity contribution is 5.85. The molecular weight excluding hydrogens is 219 g/mol. The summed E-state index contributed by atoms with van der Waals surface area (Å²) < 4.78 is 19.0. The highest BCUT2D eigenvalue weighted by Gasteiger charge is 2.34. The molecule has 0 saturated heterocycles. The summed E-state index contributed by atoms with van der Waals surface area (Å²) in [7, 11) is 0. The maximum atomic E-state index is 13.3. The van der Waals surface area contributed by atoms with E-state index < -0.39 is 5.60 Å². The number of H-pyrrole nitrogens is 1. The third-order valence-electron chi connectivity index (χ3n) is 3.56. The summed E-state index contributed by atoms with van der Waals surface area (Å²) in [5.41, 5.74) is 8.38. The van der Waals surface area contributed by atoms with Gasteiger partial charge in [-0.3, -0.25) is 0 Å². The van der Waals surface area contributed by atoms with Crippen molar-refractivity contribution in [2.45, 2.75) is 18.9 Å². The lowest BCUT2D eigenvalue weighted by Gasteiger charge is -2.32. The Morgan fingerprint density at radius 2 is 2.35 bits per heavy atom. The van der Waals surface area contributed by atoms with E-state index in [0.717, 1.165) is 28.6 Å². The number of nitrogens with two attached hydrogens (primary N) is 1. The summed E-state index contributed by atoms with van der Waals surface area (Å²) >= 11 is 0. The van der Waals surface area contributed by atoms with E-state index in [1.807, 2.05) is 6.92 Å². The van der Waals surface area contributed by atoms with Crippen molar-refractivity contribution in [1.29, 1.82) is 0 Å². The Morgan fingerprint density at radius 1 is 1.53 bits per heavy atom. The Balaban J connectivity index is 2.29. The number of ether oxygens (including phenoxy) is 1. The van der Waals surface area contributed by atoms with Crippen molar-refractivity contribution in [3.05, 3.63) is 35.3 Å². The van der Waals surface area contributed by atoms with E-state index in [1.165, 1.54) is 6.07 Å². The van der Waals surface area contributed by atoms with Crippen LogP contribution in [0, 0.1) is 5.82 Å². The van der Waals surface area contributed by atoms with Gasteiger partial charge in [0.05, 0.1) is 12.3 Å². The summed E-state index contributed by atoms with van der Waals surface area (Å²) in [6, 6.07) is 4.80. The molecule has 0 fully saturated rings. The van der Waals surface area contributed by atoms with Crippen LogP contribution in [0.1, 0.15) is 18.2 Å². The summed E-state index contributed by atoms with van der Waals surface area (Å²) in [4.78, 5) is 3.31. The van der Waals surface area contributed by atoms with Gasteiger partial charge in [0.15, 0.2) is 0 Å². The molecule has 90 valence electrons. The largest absolute Gasteiger partial charge is 0.367 e. The maximum Gasteiger partial charge on any atom is 0.123 e. The second kappa shape index (κ2) is 3.55. The van der Waals surface area contributed by atoms with E-state index in [4.69, 9.17) is 10.5 Å². The highest BCUT2D eigenvalue weighted by atomic mass is 19.1. The van der Waals surface area contributed by atoms with Gasteiger partial charge in [0.25, 0.3) is 0 Å². The van der Waals surface area contributed by atoms with Gasteiger partial charge < -0.3 is 15.5 Å². The molecule has 1 unspecified atom stereocenters. The molecule has 0 bridgehead atoms. The number of benzene rings is 1. The van der Waals surface area contributed by atoms with Gasteiger partial charge in [-0.15, -0.1) is 0 Å². The molecule has 1 aliphatic heterocycles. The van der Waals surface area contributed by atoms with Crippen LogP contribution in [-0.4, -0.2) is 18.1 Å². The number of rotatable bonds is 1. The first-order valence-electron chi connectivity index (χ1n) is 5.79. The van der Waals surface area contributed by atoms with Crippen molar-refractivity contribution < 1.29 is 9.13 Å². The molecule has 3 N–H and O–H groups in total. The smallest absolute Gasteiger partial charge is 0.123 e. The second-order valence-electron chi connectivity index (χ2n) is 4.70. The van der Waals surface area contributed by atoms with Crippen LogP contribution in [0.25, 0.3) is 10.9 Å². The van der Waals surface area contributed by atoms with Crippen LogP contribution in [0.15, 0.2) is 18.2 Å². The average Bonchev–Trinajstić information content (AvgIpc) is 2.69. The maximum absolute atomic E-state index is 13.3. The Labute approximate surface area is 98.8 Å². The molecule has 0 spiro atoms. The van der Waals surface area contributed by atoms with Crippen LogP contribution in [-0.2, 0) is 16.8 Å². The number of fused-ring (bicyclic) bond motifs is 3. The van der Waals surface area contributed by atoms with Crippen molar-refractivity contribution in [2.75, 3.05) is 13.2 Å². The molecule has 3 rings (SSSR count). The zero-order valence-corrected chi connectivity index (χ0v) is 9.72. The van der Waals surface area contributed by atoms with Gasteiger partial charge in [-0.1, -0.05) is 0 Å². The first-order valence-corrected chi connectivity index (χ1v) is 5.79. The minimum Gasteiger partial charge on any atom is -0.367 e. The SMILES string of the molecule is CC1(CN)OCCc2c1[nH]c1ccc(F)cc21. The van der Waals surface area contributed by atoms with E-state index in [9.17, 15) is 4.39 Å². The van der Waals surface area contributed by atoms with E-state index in [1.54, 1.807) is 12.1 Å². The fraction of sp³-hybridized carbons (Fsp3) is 0.385. The number of nitrogens with one attached hydrogen (secondary N) is 1. The van der Waals surface area contributed by atoms with Crippen LogP contribution >= 0.6 is 0 Å². The quantitative estimate of drug-likeness (QED) is 0.793. The number of hydrogen-bond donors (Lipinski definition) is 2. The molecule has 1 aromatic carbocycles. The third kappa shape index (κ3) is 1.48. The first kappa shape index (κ1) is 10.7. The average molecular weight is 234 g/mol. The van der Waals surface area contributed by atoms with Crippen LogP contribution in [0.2, 0.25) is 0 Å². The molecule has 4 heteroatoms. The summed E-state index contributed by atoms with van der Waals surface area (Å²) in [6.07, 6.45) is 0.800. The van der Waals surface area contributed by atoms with Crippen molar-refractivity contribution in [2.24, 2.45) is 5.73 Å². The molecule has 0 amide bonds. The Bertz CT molecular complexity index is 578. The Hall–Kier alpha value is -1.39. The van der Waals surface area contributed by atoms with Crippen molar-refractivity contribution in [3.8, 4) is 0 Å². The predicted octanol–water partition coefficient (Wildman–Crippen LogP) is 2.05. The van der Waals surface area contributed by atoms with Gasteiger partial charge in [-0.2, -0.15) is 0 Å². The summed E-state index contributed by atoms with van der Waals surface area (Å²) in [5, 5.41) is 0.947. The van der Waals surface area contributed by atoms with Crippen LogP contribution in [0.5, 0.6) is 0 Å². The van der Waals surface area contributed by atoms with Crippen molar-refractivity contribution >= 4 is 10.9 Å². The predicted molar refractivity (Wildman–Crippen MR) is 64.3 cm³/mol. The van der Waals surface area contributed by atoms with Gasteiger partial charge in [0, 0.05) is 17.4 Å². The third-order valence-corrected chi connectivity index (χ3v) is 3.56. The first-order chi connectivity index (χ1) is 8.14. The monoisotopic (exact) mass is 234 g/mol. The second-order valence-corrected chi connectivity index (χ2v) is 4.70. The lowest BCUT2D eigenvalue weighted by molar-refractivity contribution is -0.0414. The lowest BCUT2D eigenvalue weighted by Crippen LogP contribution is -2.39. The lowest BCUT2D eigenvalue weighted by atomic mass is 9.93. The molecular formula is C13H15FN2O. The van der Waals surface area contributed by atoms with E-state index >= 15 is 0 Å². The normalized spacial score (nSPS) is 23.9. The molecule has 3 nitrogen and oxygen atoms in total. The highest BCUT2D eigenvalue weighted by Crippen LogP contribution is 2.36. The van der Waals surface area contributed by atoms with Crippen LogP contribution in [0.3, 0.4) is 0 Å². The van der Waals surface area contributed by atoms with Gasteiger partial charge in [0.2, 0.25) is 0 Å². The molecule has 1 aromatic heterocycles. The summed E-state index contributed by atoms with van der Waals surface area (Å²) in [6.45, 7) is 3.01. The zero-order valence-electron chi connectivity index (χ0n) is 9.72. The minimum absolute atomic E-state index is 0.208. The molecule has 0 radical (unpaired) electrons. The molecule has 0 aliphatic carbocycles. The van der Waals surface area contributed by atoms with E-state index in [0.29, 0.717) is 13.2 Å². The molecule has 2 aromatic rings. The molecule has 17 heavy (non-hydrogen) atoms. The fourth-order valence-electron chi connectivity index (χ4n) is 2.54. The fourth-order valence-corrected chi connectivity index (χ4v) is 2.54. The van der Waals surface area contributed by atoms with E-state index in [2.05, 4.69) is 4.98 Å². The van der Waals surface area contributed by atoms with Crippen molar-refractivity contribution in [3.63, 3.8) is 0 Å². The molecule has 1 aliphatic rings. The Kier molecular flexibility index (Phi) is 2.24. The zero-order chi connectivity index (χ0) is 12.0. The molecule has 1 atom stereocenters. The molecule has 2 heterocycles. The van der Waals surface area contributed by atoms with Crippen LogP contribution in [0.4, 0.5) is 4.39 Å². The number of halogens is 1. The van der Waals surface area contributed by atoms with Gasteiger partial charge >= 0.3 is 0 Å². The number of aromatic amines is 1. The standard InChI is InChI=1S/C13H15FN2O/c1-13(7-15)12-9(4-5-17-13)10-6-8(14)2-3-11(10)16-12/h2-3,6,16H,4-5,7,15H2,1H3. The van der Waals surface area contributed by atoms with Gasteiger partial charge in [-0.05, 0) is 37.1 Å². The summed E-state index contributed by atoms with van der Waals surface area (Å²) in [5.74, 6) is -0.208. The Morgan fingerprint density at radius 3 is 3.12 bits per heavy atom. The van der Waals surface area contributed by atoms with Gasteiger partial charge in [0.1, 0.15) is 11.4 Å².